The van der Waals surface area contributed by atoms with Crippen molar-refractivity contribution in [3.05, 3.63) is 30.1 Å². The second-order valence-corrected chi connectivity index (χ2v) is 5.93. The van der Waals surface area contributed by atoms with Crippen LogP contribution in [0.4, 0.5) is 9.18 Å². The van der Waals surface area contributed by atoms with Gasteiger partial charge < -0.3 is 20.7 Å². The van der Waals surface area contributed by atoms with Crippen molar-refractivity contribution in [1.82, 2.24) is 20.9 Å². The molecule has 1 aliphatic rings. The maximum atomic E-state index is 13.7. The molecule has 1 unspecified atom stereocenters. The number of rotatable bonds is 9. The van der Waals surface area contributed by atoms with Crippen LogP contribution in [0, 0.1) is 5.82 Å². The molecule has 0 aromatic heterocycles. The Kier molecular flexibility index (Phi) is 7.84. The number of aliphatic imine (C=N–C) groups is 1. The number of hydrogen-bond donors (Lipinski definition) is 3. The van der Waals surface area contributed by atoms with Gasteiger partial charge in [-0.25, -0.2) is 14.2 Å². The van der Waals surface area contributed by atoms with Gasteiger partial charge >= 0.3 is 6.03 Å². The van der Waals surface area contributed by atoms with Gasteiger partial charge in [0.25, 0.3) is 0 Å². The smallest absolute Gasteiger partial charge is 0.324 e. The molecule has 1 saturated heterocycles. The summed E-state index contributed by atoms with van der Waals surface area (Å²) < 4.78 is 19.4. The van der Waals surface area contributed by atoms with Crippen molar-refractivity contribution in [2.75, 3.05) is 32.7 Å². The standard InChI is InChI=1S/C18H26FN5O3/c1-3-13(27-15-8-6-5-7-14(15)19)11-22-17(20-4-2)21-9-10-24-16(25)12-23-18(24)26/h5-8,13H,3-4,9-12H2,1-2H3,(H,23,26)(H2,20,21,22). The van der Waals surface area contributed by atoms with Crippen molar-refractivity contribution < 1.29 is 18.7 Å². The van der Waals surface area contributed by atoms with Gasteiger partial charge in [0.15, 0.2) is 17.5 Å². The number of hydrogen-bond acceptors (Lipinski definition) is 4. The van der Waals surface area contributed by atoms with Crippen LogP contribution in [-0.4, -0.2) is 61.6 Å². The molecule has 3 amide bonds. The zero-order valence-electron chi connectivity index (χ0n) is 15.6. The first-order valence-corrected chi connectivity index (χ1v) is 9.06. The molecule has 1 fully saturated rings. The number of benzene rings is 1. The van der Waals surface area contributed by atoms with E-state index in [-0.39, 0.29) is 36.9 Å². The van der Waals surface area contributed by atoms with Crippen LogP contribution in [0.25, 0.3) is 0 Å². The van der Waals surface area contributed by atoms with Crippen molar-refractivity contribution in [2.24, 2.45) is 4.99 Å². The highest BCUT2D eigenvalue weighted by atomic mass is 19.1. The van der Waals surface area contributed by atoms with Gasteiger partial charge in [0.05, 0.1) is 13.1 Å². The SMILES string of the molecule is CCNC(=NCC(CC)Oc1ccccc1F)NCCN1C(=O)CNC1=O. The topological polar surface area (TPSA) is 95.1 Å². The van der Waals surface area contributed by atoms with Gasteiger partial charge in [-0.1, -0.05) is 19.1 Å². The summed E-state index contributed by atoms with van der Waals surface area (Å²) in [5, 5.41) is 8.64. The number of halogens is 1. The molecular weight excluding hydrogens is 353 g/mol. The number of carbonyl (C=O) groups excluding carboxylic acids is 2. The van der Waals surface area contributed by atoms with Crippen LogP contribution in [0.3, 0.4) is 0 Å². The fraction of sp³-hybridized carbons (Fsp3) is 0.500. The number of guanidine groups is 1. The fourth-order valence-electron chi connectivity index (χ4n) is 2.47. The summed E-state index contributed by atoms with van der Waals surface area (Å²) in [7, 11) is 0. The quantitative estimate of drug-likeness (QED) is 0.339. The summed E-state index contributed by atoms with van der Waals surface area (Å²) in [4.78, 5) is 28.7. The molecule has 9 heteroatoms. The van der Waals surface area contributed by atoms with Crippen molar-refractivity contribution in [3.63, 3.8) is 0 Å². The lowest BCUT2D eigenvalue weighted by Crippen LogP contribution is -2.43. The number of amides is 3. The van der Waals surface area contributed by atoms with E-state index in [4.69, 9.17) is 4.74 Å². The van der Waals surface area contributed by atoms with Crippen molar-refractivity contribution >= 4 is 17.9 Å². The summed E-state index contributed by atoms with van der Waals surface area (Å²) >= 11 is 0. The highest BCUT2D eigenvalue weighted by Gasteiger charge is 2.27. The summed E-state index contributed by atoms with van der Waals surface area (Å²) in [6.07, 6.45) is 0.392. The minimum absolute atomic E-state index is 0.0402. The number of para-hydroxylation sites is 1. The van der Waals surface area contributed by atoms with Crippen LogP contribution in [0.1, 0.15) is 20.3 Å². The Morgan fingerprint density at radius 1 is 1.33 bits per heavy atom. The van der Waals surface area contributed by atoms with Crippen LogP contribution >= 0.6 is 0 Å². The largest absolute Gasteiger partial charge is 0.485 e. The Balaban J connectivity index is 1.87. The monoisotopic (exact) mass is 379 g/mol. The van der Waals surface area contributed by atoms with Crippen LogP contribution in [0.15, 0.2) is 29.3 Å². The van der Waals surface area contributed by atoms with Crippen molar-refractivity contribution in [2.45, 2.75) is 26.4 Å². The first-order chi connectivity index (χ1) is 13.0. The van der Waals surface area contributed by atoms with Gasteiger partial charge in [0.2, 0.25) is 5.91 Å². The highest BCUT2D eigenvalue weighted by Crippen LogP contribution is 2.18. The normalized spacial score (nSPS) is 15.5. The number of ether oxygens (including phenoxy) is 1. The van der Waals surface area contributed by atoms with E-state index in [1.54, 1.807) is 18.2 Å². The van der Waals surface area contributed by atoms with E-state index in [0.717, 1.165) is 4.90 Å². The minimum atomic E-state index is -0.404. The minimum Gasteiger partial charge on any atom is -0.485 e. The van der Waals surface area contributed by atoms with Gasteiger partial charge in [0, 0.05) is 19.6 Å². The molecule has 0 radical (unpaired) electrons. The van der Waals surface area contributed by atoms with E-state index in [0.29, 0.717) is 32.0 Å². The Morgan fingerprint density at radius 2 is 2.11 bits per heavy atom. The molecule has 0 saturated carbocycles. The van der Waals surface area contributed by atoms with Gasteiger partial charge in [-0.15, -0.1) is 0 Å². The first-order valence-electron chi connectivity index (χ1n) is 9.06. The molecule has 27 heavy (non-hydrogen) atoms. The zero-order chi connectivity index (χ0) is 19.6. The molecule has 1 atom stereocenters. The van der Waals surface area contributed by atoms with Gasteiger partial charge in [-0.2, -0.15) is 0 Å². The van der Waals surface area contributed by atoms with E-state index < -0.39 is 5.82 Å². The number of urea groups is 1. The third-order valence-corrected chi connectivity index (χ3v) is 3.95. The van der Waals surface area contributed by atoms with E-state index >= 15 is 0 Å². The number of carbonyl (C=O) groups is 2. The lowest BCUT2D eigenvalue weighted by atomic mass is 10.2. The molecule has 3 N–H and O–H groups in total. The highest BCUT2D eigenvalue weighted by molar-refractivity contribution is 6.01. The Morgan fingerprint density at radius 3 is 2.74 bits per heavy atom. The summed E-state index contributed by atoms with van der Waals surface area (Å²) in [6, 6.07) is 5.89. The second kappa shape index (κ2) is 10.3. The van der Waals surface area contributed by atoms with E-state index in [9.17, 15) is 14.0 Å². The lowest BCUT2D eigenvalue weighted by molar-refractivity contribution is -0.124. The zero-order valence-corrected chi connectivity index (χ0v) is 15.6. The van der Waals surface area contributed by atoms with Crippen LogP contribution in [0.2, 0.25) is 0 Å². The summed E-state index contributed by atoms with van der Waals surface area (Å²) in [6.45, 7) is 5.52. The Hall–Kier alpha value is -2.84. The lowest BCUT2D eigenvalue weighted by Gasteiger charge is -2.18. The number of nitrogens with zero attached hydrogens (tertiary/aromatic N) is 2. The third kappa shape index (κ3) is 6.12. The number of nitrogens with one attached hydrogen (secondary N) is 3. The van der Waals surface area contributed by atoms with E-state index in [2.05, 4.69) is 20.9 Å². The predicted octanol–water partition coefficient (Wildman–Crippen LogP) is 1.09. The molecule has 0 spiro atoms. The number of imide groups is 1. The Labute approximate surface area is 158 Å². The van der Waals surface area contributed by atoms with Crippen molar-refractivity contribution in [3.8, 4) is 5.75 Å². The summed E-state index contributed by atoms with van der Waals surface area (Å²) in [5.74, 6) is 0.0998. The van der Waals surface area contributed by atoms with Crippen LogP contribution < -0.4 is 20.7 Å². The van der Waals surface area contributed by atoms with Gasteiger partial charge in [-0.3, -0.25) is 9.69 Å². The Bertz CT molecular complexity index is 667. The van der Waals surface area contributed by atoms with Crippen molar-refractivity contribution in [1.29, 1.82) is 0 Å². The predicted molar refractivity (Wildman–Crippen MR) is 100 cm³/mol. The second-order valence-electron chi connectivity index (χ2n) is 5.93. The summed E-state index contributed by atoms with van der Waals surface area (Å²) in [5.41, 5.74) is 0. The van der Waals surface area contributed by atoms with Gasteiger partial charge in [0.1, 0.15) is 6.10 Å². The molecular formula is C18H26FN5O3. The van der Waals surface area contributed by atoms with Gasteiger partial charge in [-0.05, 0) is 25.5 Å². The molecule has 0 bridgehead atoms. The van der Waals surface area contributed by atoms with E-state index in [1.165, 1.54) is 6.07 Å². The molecule has 0 aliphatic carbocycles. The molecule has 8 nitrogen and oxygen atoms in total. The maximum Gasteiger partial charge on any atom is 0.324 e. The average Bonchev–Trinajstić information content (AvgIpc) is 2.98. The molecule has 2 rings (SSSR count). The first kappa shape index (κ1) is 20.5. The average molecular weight is 379 g/mol. The molecule has 1 aromatic carbocycles. The van der Waals surface area contributed by atoms with Crippen LogP contribution in [0.5, 0.6) is 5.75 Å². The molecule has 1 aliphatic heterocycles. The molecule has 1 aromatic rings. The maximum absolute atomic E-state index is 13.7. The molecule has 148 valence electrons. The van der Waals surface area contributed by atoms with E-state index in [1.807, 2.05) is 13.8 Å². The van der Waals surface area contributed by atoms with Crippen LogP contribution in [-0.2, 0) is 4.79 Å². The molecule has 1 heterocycles. The fourth-order valence-corrected chi connectivity index (χ4v) is 2.47. The third-order valence-electron chi connectivity index (χ3n) is 3.95.